The number of carbonyl (C=O) groups excluding carboxylic acids is 2. The van der Waals surface area contributed by atoms with E-state index in [1.54, 1.807) is 42.2 Å². The maximum atomic E-state index is 12.8. The Morgan fingerprint density at radius 1 is 1.06 bits per heavy atom. The zero-order valence-electron chi connectivity index (χ0n) is 18.2. The molecule has 0 fully saturated rings. The van der Waals surface area contributed by atoms with Gasteiger partial charge in [-0.25, -0.2) is 0 Å². The van der Waals surface area contributed by atoms with Gasteiger partial charge in [0.2, 0.25) is 0 Å². The van der Waals surface area contributed by atoms with Crippen molar-refractivity contribution in [2.24, 2.45) is 0 Å². The second-order valence-corrected chi connectivity index (χ2v) is 7.77. The number of carbonyl (C=O) groups is 2. The highest BCUT2D eigenvalue weighted by molar-refractivity contribution is 6.05. The SMILES string of the molecule is Cc1ccc(C(=O)Nc2ccc3c(c2)N(CCCOc2ccccc2)C(=O)C(C)O3)cc1. The molecule has 1 aliphatic rings. The molecule has 3 aromatic rings. The topological polar surface area (TPSA) is 67.9 Å². The van der Waals surface area contributed by atoms with Gasteiger partial charge in [0, 0.05) is 17.8 Å². The zero-order chi connectivity index (χ0) is 22.5. The van der Waals surface area contributed by atoms with E-state index in [-0.39, 0.29) is 11.8 Å². The van der Waals surface area contributed by atoms with Crippen LogP contribution < -0.4 is 19.7 Å². The molecule has 164 valence electrons. The van der Waals surface area contributed by atoms with Crippen LogP contribution in [0.25, 0.3) is 0 Å². The molecule has 1 aliphatic heterocycles. The van der Waals surface area contributed by atoms with Crippen molar-refractivity contribution in [3.8, 4) is 11.5 Å². The minimum atomic E-state index is -0.564. The fourth-order valence-corrected chi connectivity index (χ4v) is 3.55. The van der Waals surface area contributed by atoms with Crippen LogP contribution in [0.15, 0.2) is 72.8 Å². The number of amides is 2. The largest absolute Gasteiger partial charge is 0.494 e. The smallest absolute Gasteiger partial charge is 0.267 e. The molecule has 0 saturated heterocycles. The molecule has 6 heteroatoms. The first-order valence-corrected chi connectivity index (χ1v) is 10.7. The lowest BCUT2D eigenvalue weighted by Gasteiger charge is -2.33. The van der Waals surface area contributed by atoms with Crippen LogP contribution in [-0.4, -0.2) is 31.1 Å². The second kappa shape index (κ2) is 9.56. The number of rotatable bonds is 7. The zero-order valence-corrected chi connectivity index (χ0v) is 18.2. The van der Waals surface area contributed by atoms with Crippen molar-refractivity contribution in [3.63, 3.8) is 0 Å². The number of para-hydroxylation sites is 1. The molecule has 3 aromatic carbocycles. The van der Waals surface area contributed by atoms with E-state index in [0.717, 1.165) is 11.3 Å². The number of aryl methyl sites for hydroxylation is 1. The van der Waals surface area contributed by atoms with E-state index in [1.165, 1.54) is 0 Å². The number of nitrogens with one attached hydrogen (secondary N) is 1. The molecule has 1 atom stereocenters. The quantitative estimate of drug-likeness (QED) is 0.545. The van der Waals surface area contributed by atoms with E-state index < -0.39 is 6.10 Å². The summed E-state index contributed by atoms with van der Waals surface area (Å²) in [5.41, 5.74) is 2.91. The summed E-state index contributed by atoms with van der Waals surface area (Å²) in [6, 6.07) is 22.3. The Balaban J connectivity index is 1.46. The molecule has 0 radical (unpaired) electrons. The van der Waals surface area contributed by atoms with Crippen molar-refractivity contribution in [2.45, 2.75) is 26.4 Å². The Morgan fingerprint density at radius 3 is 2.56 bits per heavy atom. The number of fused-ring (bicyclic) bond motifs is 1. The van der Waals surface area contributed by atoms with Gasteiger partial charge in [-0.3, -0.25) is 9.59 Å². The molecule has 0 saturated carbocycles. The van der Waals surface area contributed by atoms with Crippen molar-refractivity contribution in [1.82, 2.24) is 0 Å². The predicted octanol–water partition coefficient (Wildman–Crippen LogP) is 4.83. The van der Waals surface area contributed by atoms with Gasteiger partial charge in [0.05, 0.1) is 12.3 Å². The number of ether oxygens (including phenoxy) is 2. The highest BCUT2D eigenvalue weighted by Crippen LogP contribution is 2.36. The maximum absolute atomic E-state index is 12.8. The fraction of sp³-hybridized carbons (Fsp3) is 0.231. The van der Waals surface area contributed by atoms with Crippen LogP contribution in [0.2, 0.25) is 0 Å². The van der Waals surface area contributed by atoms with Gasteiger partial charge in [-0.2, -0.15) is 0 Å². The van der Waals surface area contributed by atoms with Crippen molar-refractivity contribution < 1.29 is 19.1 Å². The minimum absolute atomic E-state index is 0.112. The molecular formula is C26H26N2O4. The van der Waals surface area contributed by atoms with E-state index in [4.69, 9.17) is 9.47 Å². The van der Waals surface area contributed by atoms with Crippen molar-refractivity contribution >= 4 is 23.2 Å². The van der Waals surface area contributed by atoms with Crippen LogP contribution in [0.5, 0.6) is 11.5 Å². The number of hydrogen-bond acceptors (Lipinski definition) is 4. The third-order valence-corrected chi connectivity index (χ3v) is 5.28. The highest BCUT2D eigenvalue weighted by Gasteiger charge is 2.31. The molecule has 1 heterocycles. The molecule has 6 nitrogen and oxygen atoms in total. The second-order valence-electron chi connectivity index (χ2n) is 7.77. The predicted molar refractivity (Wildman–Crippen MR) is 125 cm³/mol. The van der Waals surface area contributed by atoms with Crippen LogP contribution in [0.1, 0.15) is 29.3 Å². The Labute approximate surface area is 187 Å². The van der Waals surface area contributed by atoms with Gasteiger partial charge in [-0.05, 0) is 62.7 Å². The highest BCUT2D eigenvalue weighted by atomic mass is 16.5. The summed E-state index contributed by atoms with van der Waals surface area (Å²) in [5.74, 6) is 1.11. The third kappa shape index (κ3) is 4.91. The van der Waals surface area contributed by atoms with Gasteiger partial charge in [-0.1, -0.05) is 35.9 Å². The Hall–Kier alpha value is -3.80. The normalized spacial score (nSPS) is 15.0. The number of hydrogen-bond donors (Lipinski definition) is 1. The summed E-state index contributed by atoms with van der Waals surface area (Å²) < 4.78 is 11.5. The molecule has 32 heavy (non-hydrogen) atoms. The molecule has 0 spiro atoms. The molecule has 1 N–H and O–H groups in total. The fourth-order valence-electron chi connectivity index (χ4n) is 3.55. The summed E-state index contributed by atoms with van der Waals surface area (Å²) >= 11 is 0. The summed E-state index contributed by atoms with van der Waals surface area (Å²) in [4.78, 5) is 27.1. The molecule has 4 rings (SSSR count). The van der Waals surface area contributed by atoms with E-state index in [1.807, 2.05) is 49.4 Å². The van der Waals surface area contributed by atoms with Crippen molar-refractivity contribution in [2.75, 3.05) is 23.4 Å². The first kappa shape index (κ1) is 21.4. The van der Waals surface area contributed by atoms with Gasteiger partial charge < -0.3 is 19.7 Å². The lowest BCUT2D eigenvalue weighted by Crippen LogP contribution is -2.45. The van der Waals surface area contributed by atoms with Crippen LogP contribution in [0.4, 0.5) is 11.4 Å². The summed E-state index contributed by atoms with van der Waals surface area (Å²) in [6.07, 6.45) is 0.0952. The maximum Gasteiger partial charge on any atom is 0.267 e. The van der Waals surface area contributed by atoms with Gasteiger partial charge >= 0.3 is 0 Å². The van der Waals surface area contributed by atoms with E-state index >= 15 is 0 Å². The van der Waals surface area contributed by atoms with Gasteiger partial charge in [0.15, 0.2) is 6.10 Å². The molecule has 0 bridgehead atoms. The summed E-state index contributed by atoms with van der Waals surface area (Å²) in [6.45, 7) is 4.69. The average molecular weight is 431 g/mol. The first-order chi connectivity index (χ1) is 15.5. The molecule has 2 amide bonds. The Morgan fingerprint density at radius 2 is 1.81 bits per heavy atom. The van der Waals surface area contributed by atoms with Crippen LogP contribution in [0, 0.1) is 6.92 Å². The van der Waals surface area contributed by atoms with Gasteiger partial charge in [0.25, 0.3) is 11.8 Å². The monoisotopic (exact) mass is 430 g/mol. The third-order valence-electron chi connectivity index (χ3n) is 5.28. The summed E-state index contributed by atoms with van der Waals surface area (Å²) in [7, 11) is 0. The number of anilines is 2. The molecule has 1 unspecified atom stereocenters. The average Bonchev–Trinajstić information content (AvgIpc) is 2.80. The van der Waals surface area contributed by atoms with E-state index in [0.29, 0.717) is 42.3 Å². The Bertz CT molecular complexity index is 1100. The Kier molecular flexibility index (Phi) is 6.40. The van der Waals surface area contributed by atoms with Crippen molar-refractivity contribution in [1.29, 1.82) is 0 Å². The standard InChI is InChI=1S/C26H26N2O4/c1-18-9-11-20(12-10-18)25(29)27-21-13-14-24-23(17-21)28(26(30)19(2)32-24)15-6-16-31-22-7-4-3-5-8-22/h3-5,7-14,17,19H,6,15-16H2,1-2H3,(H,27,29). The molecule has 0 aromatic heterocycles. The van der Waals surface area contributed by atoms with Gasteiger partial charge in [0.1, 0.15) is 11.5 Å². The molecular weight excluding hydrogens is 404 g/mol. The first-order valence-electron chi connectivity index (χ1n) is 10.7. The molecule has 0 aliphatic carbocycles. The number of nitrogens with zero attached hydrogens (tertiary/aromatic N) is 1. The van der Waals surface area contributed by atoms with Gasteiger partial charge in [-0.15, -0.1) is 0 Å². The van der Waals surface area contributed by atoms with Crippen molar-refractivity contribution in [3.05, 3.63) is 83.9 Å². The van der Waals surface area contributed by atoms with E-state index in [9.17, 15) is 9.59 Å². The van der Waals surface area contributed by atoms with Crippen LogP contribution in [-0.2, 0) is 4.79 Å². The van der Waals surface area contributed by atoms with Crippen LogP contribution >= 0.6 is 0 Å². The lowest BCUT2D eigenvalue weighted by atomic mass is 10.1. The summed E-state index contributed by atoms with van der Waals surface area (Å²) in [5, 5.41) is 2.91. The minimum Gasteiger partial charge on any atom is -0.494 e. The van der Waals surface area contributed by atoms with E-state index in [2.05, 4.69) is 5.32 Å². The van der Waals surface area contributed by atoms with Crippen LogP contribution in [0.3, 0.4) is 0 Å². The number of benzene rings is 3. The lowest BCUT2D eigenvalue weighted by molar-refractivity contribution is -0.125.